The van der Waals surface area contributed by atoms with Crippen LogP contribution in [0.1, 0.15) is 57.2 Å². The van der Waals surface area contributed by atoms with E-state index in [1.807, 2.05) is 6.07 Å². The molecule has 0 saturated heterocycles. The second-order valence-electron chi connectivity index (χ2n) is 6.08. The maximum atomic E-state index is 11.3. The van der Waals surface area contributed by atoms with E-state index in [9.17, 15) is 4.79 Å². The van der Waals surface area contributed by atoms with Crippen LogP contribution in [0.5, 0.6) is 0 Å². The van der Waals surface area contributed by atoms with Crippen molar-refractivity contribution in [1.82, 2.24) is 0 Å². The Morgan fingerprint density at radius 1 is 1.28 bits per heavy atom. The van der Waals surface area contributed by atoms with Crippen molar-refractivity contribution in [2.75, 3.05) is 7.11 Å². The van der Waals surface area contributed by atoms with Gasteiger partial charge in [-0.3, -0.25) is 4.79 Å². The lowest BCUT2D eigenvalue weighted by atomic mass is 9.79. The molecule has 0 unspecified atom stereocenters. The third-order valence-electron chi connectivity index (χ3n) is 3.12. The predicted molar refractivity (Wildman–Crippen MR) is 75.0 cm³/mol. The van der Waals surface area contributed by atoms with Crippen molar-refractivity contribution in [3.8, 4) is 0 Å². The fourth-order valence-corrected chi connectivity index (χ4v) is 2.11. The molecule has 100 valence electrons. The second-order valence-corrected chi connectivity index (χ2v) is 6.08. The molecule has 0 atom stereocenters. The van der Waals surface area contributed by atoms with E-state index in [0.29, 0.717) is 12.3 Å². The zero-order valence-electron chi connectivity index (χ0n) is 12.3. The van der Waals surface area contributed by atoms with Gasteiger partial charge in [-0.2, -0.15) is 0 Å². The van der Waals surface area contributed by atoms with Gasteiger partial charge in [-0.1, -0.05) is 52.8 Å². The molecule has 0 aliphatic rings. The molecule has 0 bridgehead atoms. The van der Waals surface area contributed by atoms with Gasteiger partial charge in [-0.25, -0.2) is 0 Å². The monoisotopic (exact) mass is 248 g/mol. The molecule has 1 rings (SSSR count). The number of ether oxygens (including phenoxy) is 1. The largest absolute Gasteiger partial charge is 0.469 e. The van der Waals surface area contributed by atoms with Crippen LogP contribution < -0.4 is 0 Å². The van der Waals surface area contributed by atoms with Gasteiger partial charge in [-0.15, -0.1) is 0 Å². The number of hydrogen-bond donors (Lipinski definition) is 0. The molecular formula is C16H24O2. The normalized spacial score (nSPS) is 11.7. The molecule has 1 aromatic carbocycles. The molecule has 0 heterocycles. The summed E-state index contributed by atoms with van der Waals surface area (Å²) in [6.45, 7) is 11.0. The second kappa shape index (κ2) is 5.55. The molecule has 18 heavy (non-hydrogen) atoms. The van der Waals surface area contributed by atoms with Crippen LogP contribution in [-0.2, 0) is 21.4 Å². The number of hydrogen-bond acceptors (Lipinski definition) is 2. The molecule has 2 nitrogen and oxygen atoms in total. The Balaban J connectivity index is 3.18. The third kappa shape index (κ3) is 3.59. The lowest BCUT2D eigenvalue weighted by Crippen LogP contribution is -2.16. The Morgan fingerprint density at radius 2 is 1.89 bits per heavy atom. The fourth-order valence-electron chi connectivity index (χ4n) is 2.11. The molecule has 0 aliphatic heterocycles. The molecule has 0 aromatic heterocycles. The van der Waals surface area contributed by atoms with Crippen LogP contribution >= 0.6 is 0 Å². The Bertz CT molecular complexity index is 425. The summed E-state index contributed by atoms with van der Waals surface area (Å²) in [5, 5.41) is 0. The SMILES string of the molecule is COC(=O)Cc1ccc(C(C)C)c(C(C)(C)C)c1. The minimum absolute atomic E-state index is 0.0890. The summed E-state index contributed by atoms with van der Waals surface area (Å²) >= 11 is 0. The van der Waals surface area contributed by atoms with Crippen molar-refractivity contribution in [1.29, 1.82) is 0 Å². The number of benzene rings is 1. The average Bonchev–Trinajstić information content (AvgIpc) is 2.27. The Hall–Kier alpha value is -1.31. The summed E-state index contributed by atoms with van der Waals surface area (Å²) in [6, 6.07) is 6.32. The van der Waals surface area contributed by atoms with Crippen molar-refractivity contribution >= 4 is 5.97 Å². The van der Waals surface area contributed by atoms with E-state index in [2.05, 4.69) is 46.8 Å². The first-order chi connectivity index (χ1) is 8.25. The first-order valence-corrected chi connectivity index (χ1v) is 6.46. The van der Waals surface area contributed by atoms with Gasteiger partial charge in [0.25, 0.3) is 0 Å². The van der Waals surface area contributed by atoms with E-state index < -0.39 is 0 Å². The van der Waals surface area contributed by atoms with Crippen LogP contribution in [0.4, 0.5) is 0 Å². The van der Waals surface area contributed by atoms with E-state index in [1.165, 1.54) is 18.2 Å². The third-order valence-corrected chi connectivity index (χ3v) is 3.12. The lowest BCUT2D eigenvalue weighted by Gasteiger charge is -2.25. The van der Waals surface area contributed by atoms with Crippen LogP contribution in [0.25, 0.3) is 0 Å². The van der Waals surface area contributed by atoms with E-state index >= 15 is 0 Å². The number of rotatable bonds is 3. The Morgan fingerprint density at radius 3 is 2.33 bits per heavy atom. The summed E-state index contributed by atoms with van der Waals surface area (Å²) in [5.41, 5.74) is 3.79. The van der Waals surface area contributed by atoms with Crippen molar-refractivity contribution in [2.45, 2.75) is 52.4 Å². The Labute approximate surface area is 110 Å². The van der Waals surface area contributed by atoms with E-state index in [4.69, 9.17) is 4.74 Å². The standard InChI is InChI=1S/C16H24O2/c1-11(2)13-8-7-12(10-15(17)18-6)9-14(13)16(3,4)5/h7-9,11H,10H2,1-6H3. The summed E-state index contributed by atoms with van der Waals surface area (Å²) in [7, 11) is 1.43. The van der Waals surface area contributed by atoms with Gasteiger partial charge in [0.15, 0.2) is 0 Å². The highest BCUT2D eigenvalue weighted by molar-refractivity contribution is 5.72. The van der Waals surface area contributed by atoms with Crippen LogP contribution in [-0.4, -0.2) is 13.1 Å². The number of carbonyl (C=O) groups excluding carboxylic acids is 1. The van der Waals surface area contributed by atoms with Crippen LogP contribution in [0, 0.1) is 0 Å². The van der Waals surface area contributed by atoms with E-state index in [0.717, 1.165) is 5.56 Å². The van der Waals surface area contributed by atoms with Crippen molar-refractivity contribution < 1.29 is 9.53 Å². The first-order valence-electron chi connectivity index (χ1n) is 6.46. The molecule has 2 heteroatoms. The zero-order chi connectivity index (χ0) is 13.9. The van der Waals surface area contributed by atoms with Gasteiger partial charge < -0.3 is 4.74 Å². The summed E-state index contributed by atoms with van der Waals surface area (Å²) < 4.78 is 4.72. The van der Waals surface area contributed by atoms with E-state index in [1.54, 1.807) is 0 Å². The molecule has 0 aliphatic carbocycles. The molecule has 0 radical (unpaired) electrons. The molecule has 0 saturated carbocycles. The van der Waals surface area contributed by atoms with Gasteiger partial charge in [0, 0.05) is 0 Å². The molecule has 0 fully saturated rings. The number of esters is 1. The van der Waals surface area contributed by atoms with Crippen LogP contribution in [0.2, 0.25) is 0 Å². The highest BCUT2D eigenvalue weighted by Crippen LogP contribution is 2.31. The molecule has 0 spiro atoms. The topological polar surface area (TPSA) is 26.3 Å². The van der Waals surface area contributed by atoms with Crippen LogP contribution in [0.3, 0.4) is 0 Å². The van der Waals surface area contributed by atoms with Gasteiger partial charge in [0.05, 0.1) is 13.5 Å². The molecule has 0 N–H and O–H groups in total. The zero-order valence-corrected chi connectivity index (χ0v) is 12.3. The highest BCUT2D eigenvalue weighted by Gasteiger charge is 2.20. The Kier molecular flexibility index (Phi) is 4.55. The predicted octanol–water partition coefficient (Wildman–Crippen LogP) is 3.82. The van der Waals surface area contributed by atoms with Gasteiger partial charge >= 0.3 is 5.97 Å². The number of methoxy groups -OCH3 is 1. The summed E-state index contributed by atoms with van der Waals surface area (Å²) in [5.74, 6) is 0.304. The minimum atomic E-state index is -0.188. The summed E-state index contributed by atoms with van der Waals surface area (Å²) in [4.78, 5) is 11.3. The first kappa shape index (κ1) is 14.7. The van der Waals surface area contributed by atoms with Gasteiger partial charge in [0.1, 0.15) is 0 Å². The maximum Gasteiger partial charge on any atom is 0.309 e. The van der Waals surface area contributed by atoms with Gasteiger partial charge in [0.2, 0.25) is 0 Å². The quantitative estimate of drug-likeness (QED) is 0.760. The van der Waals surface area contributed by atoms with Crippen molar-refractivity contribution in [3.05, 3.63) is 34.9 Å². The average molecular weight is 248 g/mol. The summed E-state index contributed by atoms with van der Waals surface area (Å²) in [6.07, 6.45) is 0.345. The highest BCUT2D eigenvalue weighted by atomic mass is 16.5. The van der Waals surface area contributed by atoms with Crippen molar-refractivity contribution in [2.24, 2.45) is 0 Å². The minimum Gasteiger partial charge on any atom is -0.469 e. The van der Waals surface area contributed by atoms with Crippen molar-refractivity contribution in [3.63, 3.8) is 0 Å². The van der Waals surface area contributed by atoms with E-state index in [-0.39, 0.29) is 11.4 Å². The molecule has 1 aromatic rings. The fraction of sp³-hybridized carbons (Fsp3) is 0.562. The molecule has 0 amide bonds. The maximum absolute atomic E-state index is 11.3. The number of carbonyl (C=O) groups is 1. The smallest absolute Gasteiger partial charge is 0.309 e. The lowest BCUT2D eigenvalue weighted by molar-refractivity contribution is -0.139. The van der Waals surface area contributed by atoms with Gasteiger partial charge in [-0.05, 0) is 28.0 Å². The molecular weight excluding hydrogens is 224 g/mol. The van der Waals surface area contributed by atoms with Crippen LogP contribution in [0.15, 0.2) is 18.2 Å².